The molecule has 0 N–H and O–H groups in total. The average molecular weight is 532 g/mol. The largest absolute Gasteiger partial charge is 0.493 e. The van der Waals surface area contributed by atoms with Crippen LogP contribution in [0.15, 0.2) is 12.1 Å². The van der Waals surface area contributed by atoms with E-state index in [1.165, 1.54) is 38.8 Å². The molecule has 3 aliphatic heterocycles. The van der Waals surface area contributed by atoms with E-state index in [0.29, 0.717) is 42.4 Å². The number of hydrogen-bond acceptors (Lipinski definition) is 7. The lowest BCUT2D eigenvalue weighted by molar-refractivity contribution is -0.138. The van der Waals surface area contributed by atoms with Gasteiger partial charge in [0.25, 0.3) is 0 Å². The van der Waals surface area contributed by atoms with Crippen LogP contribution >= 0.6 is 0 Å². The fourth-order valence-electron chi connectivity index (χ4n) is 6.87. The van der Waals surface area contributed by atoms with Crippen LogP contribution in [-0.4, -0.2) is 101 Å². The second-order valence-electron chi connectivity index (χ2n) is 10.8. The molecule has 3 saturated heterocycles. The Morgan fingerprint density at radius 2 is 1.76 bits per heavy atom. The average Bonchev–Trinajstić information content (AvgIpc) is 3.24. The van der Waals surface area contributed by atoms with Crippen molar-refractivity contribution in [1.29, 1.82) is 0 Å². The van der Waals surface area contributed by atoms with E-state index in [0.717, 1.165) is 24.9 Å². The summed E-state index contributed by atoms with van der Waals surface area (Å²) in [5.41, 5.74) is 0.754. The third kappa shape index (κ3) is 5.73. The van der Waals surface area contributed by atoms with Gasteiger partial charge in [-0.2, -0.15) is 0 Å². The van der Waals surface area contributed by atoms with Crippen LogP contribution in [0, 0.1) is 11.8 Å². The van der Waals surface area contributed by atoms with E-state index in [-0.39, 0.29) is 18.2 Å². The maximum absolute atomic E-state index is 14.3. The van der Waals surface area contributed by atoms with Crippen LogP contribution in [0.25, 0.3) is 0 Å². The van der Waals surface area contributed by atoms with Gasteiger partial charge in [-0.25, -0.2) is 0 Å². The normalized spacial score (nSPS) is 25.7. The van der Waals surface area contributed by atoms with E-state index in [9.17, 15) is 9.59 Å². The van der Waals surface area contributed by atoms with Crippen molar-refractivity contribution < 1.29 is 28.5 Å². The van der Waals surface area contributed by atoms with Gasteiger partial charge in [-0.05, 0) is 63.2 Å². The molecule has 2 amide bonds. The van der Waals surface area contributed by atoms with Gasteiger partial charge in [0.2, 0.25) is 17.6 Å². The third-order valence-electron chi connectivity index (χ3n) is 8.73. The Kier molecular flexibility index (Phi) is 9.76. The van der Waals surface area contributed by atoms with Crippen molar-refractivity contribution in [2.45, 2.75) is 57.0 Å². The molecule has 212 valence electrons. The molecule has 4 atom stereocenters. The first-order valence-electron chi connectivity index (χ1n) is 14.0. The first-order chi connectivity index (χ1) is 18.4. The van der Waals surface area contributed by atoms with Gasteiger partial charge in [-0.15, -0.1) is 0 Å². The quantitative estimate of drug-likeness (QED) is 0.405. The summed E-state index contributed by atoms with van der Waals surface area (Å²) < 4.78 is 22.2. The number of methoxy groups -OCH3 is 4. The smallest absolute Gasteiger partial charge is 0.228 e. The molecule has 4 rings (SSSR count). The van der Waals surface area contributed by atoms with Gasteiger partial charge in [0, 0.05) is 51.9 Å². The van der Waals surface area contributed by atoms with Crippen molar-refractivity contribution in [1.82, 2.24) is 14.7 Å². The summed E-state index contributed by atoms with van der Waals surface area (Å²) in [4.78, 5) is 33.7. The highest BCUT2D eigenvalue weighted by Gasteiger charge is 2.46. The molecule has 0 aliphatic carbocycles. The maximum atomic E-state index is 14.3. The molecule has 1 aromatic carbocycles. The molecular formula is C29H45N3O6. The summed E-state index contributed by atoms with van der Waals surface area (Å²) in [6.07, 6.45) is 7.01. The maximum Gasteiger partial charge on any atom is 0.228 e. The monoisotopic (exact) mass is 531 g/mol. The Morgan fingerprint density at radius 3 is 2.47 bits per heavy atom. The number of likely N-dealkylation sites (tertiary alicyclic amines) is 1. The zero-order chi connectivity index (χ0) is 27.2. The highest BCUT2D eigenvalue weighted by Crippen LogP contribution is 2.48. The van der Waals surface area contributed by atoms with E-state index in [1.54, 1.807) is 40.4 Å². The number of ether oxygens (including phenoxy) is 4. The third-order valence-corrected chi connectivity index (χ3v) is 8.73. The highest BCUT2D eigenvalue weighted by molar-refractivity contribution is 5.90. The van der Waals surface area contributed by atoms with Crippen LogP contribution in [0.1, 0.15) is 56.6 Å². The first kappa shape index (κ1) is 28.5. The molecule has 3 fully saturated rings. The highest BCUT2D eigenvalue weighted by atomic mass is 16.5. The number of amides is 2. The zero-order valence-corrected chi connectivity index (χ0v) is 23.7. The molecule has 9 nitrogen and oxygen atoms in total. The Bertz CT molecular complexity index is 970. The van der Waals surface area contributed by atoms with Crippen molar-refractivity contribution in [3.8, 4) is 17.2 Å². The number of nitrogens with zero attached hydrogens (tertiary/aromatic N) is 3. The van der Waals surface area contributed by atoms with Crippen molar-refractivity contribution in [3.05, 3.63) is 17.7 Å². The van der Waals surface area contributed by atoms with Crippen molar-refractivity contribution in [2.24, 2.45) is 11.8 Å². The number of carbonyl (C=O) groups is 2. The standard InChI is InChI=1S/C29H45N3O6/c1-30-25(33)18-22(26(30)21-12-13-24(36-3)28(38-5)27(21)37-4)29(34)32(16-9-17-35-2)19-20-10-8-15-31-14-7-6-11-23(20)31/h12-13,20,22-23,26H,6-11,14-19H2,1-5H3/t20-,22?,23+,26?/m0/s1. The molecule has 9 heteroatoms. The van der Waals surface area contributed by atoms with Crippen LogP contribution < -0.4 is 14.2 Å². The molecule has 3 aliphatic rings. The lowest BCUT2D eigenvalue weighted by atomic mass is 9.82. The minimum absolute atomic E-state index is 0.0357. The van der Waals surface area contributed by atoms with Gasteiger partial charge in [-0.1, -0.05) is 6.42 Å². The van der Waals surface area contributed by atoms with E-state index in [2.05, 4.69) is 4.90 Å². The van der Waals surface area contributed by atoms with Crippen molar-refractivity contribution in [3.63, 3.8) is 0 Å². The SMILES string of the molecule is COCCCN(C[C@@H]1CCCN2CCCC[C@H]12)C(=O)C1CC(=O)N(C)C1c1ccc(OC)c(OC)c1OC. The summed E-state index contributed by atoms with van der Waals surface area (Å²) in [6, 6.07) is 3.79. The summed E-state index contributed by atoms with van der Waals surface area (Å²) >= 11 is 0. The summed E-state index contributed by atoms with van der Waals surface area (Å²) in [6.45, 7) is 4.29. The van der Waals surface area contributed by atoms with Crippen LogP contribution in [0.3, 0.4) is 0 Å². The molecule has 2 unspecified atom stereocenters. The van der Waals surface area contributed by atoms with Crippen LogP contribution in [0.4, 0.5) is 0 Å². The molecule has 0 aromatic heterocycles. The molecular weight excluding hydrogens is 486 g/mol. The molecule has 0 saturated carbocycles. The van der Waals surface area contributed by atoms with Crippen LogP contribution in [-0.2, 0) is 14.3 Å². The predicted octanol–water partition coefficient (Wildman–Crippen LogP) is 3.36. The van der Waals surface area contributed by atoms with Gasteiger partial charge >= 0.3 is 0 Å². The molecule has 38 heavy (non-hydrogen) atoms. The summed E-state index contributed by atoms with van der Waals surface area (Å²) in [7, 11) is 8.17. The Balaban J connectivity index is 1.64. The molecule has 1 aromatic rings. The number of benzene rings is 1. The number of rotatable bonds is 11. The van der Waals surface area contributed by atoms with Gasteiger partial charge in [0.15, 0.2) is 11.5 Å². The summed E-state index contributed by atoms with van der Waals surface area (Å²) in [5, 5.41) is 0. The number of fused-ring (bicyclic) bond motifs is 1. The number of carbonyl (C=O) groups excluding carboxylic acids is 2. The van der Waals surface area contributed by atoms with E-state index in [1.807, 2.05) is 17.0 Å². The van der Waals surface area contributed by atoms with E-state index in [4.69, 9.17) is 18.9 Å². The van der Waals surface area contributed by atoms with E-state index >= 15 is 0 Å². The molecule has 0 bridgehead atoms. The number of hydrogen-bond donors (Lipinski definition) is 0. The van der Waals surface area contributed by atoms with Gasteiger partial charge in [0.05, 0.1) is 33.3 Å². The lowest BCUT2D eigenvalue weighted by Gasteiger charge is -2.46. The zero-order valence-electron chi connectivity index (χ0n) is 23.7. The van der Waals surface area contributed by atoms with Crippen LogP contribution in [0.2, 0.25) is 0 Å². The van der Waals surface area contributed by atoms with Crippen molar-refractivity contribution in [2.75, 3.05) is 68.3 Å². The molecule has 0 radical (unpaired) electrons. The second-order valence-corrected chi connectivity index (χ2v) is 10.8. The van der Waals surface area contributed by atoms with Crippen LogP contribution in [0.5, 0.6) is 17.2 Å². The Morgan fingerprint density at radius 1 is 1.00 bits per heavy atom. The van der Waals surface area contributed by atoms with Gasteiger partial charge < -0.3 is 33.6 Å². The molecule has 0 spiro atoms. The second kappa shape index (κ2) is 13.0. The van der Waals surface area contributed by atoms with E-state index < -0.39 is 12.0 Å². The summed E-state index contributed by atoms with van der Waals surface area (Å²) in [5.74, 6) is 1.44. The fraction of sp³-hybridized carbons (Fsp3) is 0.724. The fourth-order valence-corrected chi connectivity index (χ4v) is 6.87. The van der Waals surface area contributed by atoms with Gasteiger partial charge in [0.1, 0.15) is 0 Å². The lowest BCUT2D eigenvalue weighted by Crippen LogP contribution is -2.52. The molecule has 3 heterocycles. The van der Waals surface area contributed by atoms with Crippen molar-refractivity contribution >= 4 is 11.8 Å². The topological polar surface area (TPSA) is 80.8 Å². The predicted molar refractivity (Wildman–Crippen MR) is 145 cm³/mol. The Hall–Kier alpha value is -2.52. The Labute approximate surface area is 227 Å². The van der Waals surface area contributed by atoms with Gasteiger partial charge in [-0.3, -0.25) is 9.59 Å². The number of piperidine rings is 2. The first-order valence-corrected chi connectivity index (χ1v) is 14.0. The minimum Gasteiger partial charge on any atom is -0.493 e. The minimum atomic E-state index is -0.506.